The Bertz CT molecular complexity index is 1360. The lowest BCUT2D eigenvalue weighted by molar-refractivity contribution is 0.0695. The minimum atomic E-state index is -0.869. The molecule has 5 rings (SSSR count). The molecule has 1 heterocycles. The molecule has 0 spiro atoms. The van der Waals surface area contributed by atoms with Crippen molar-refractivity contribution < 1.29 is 14.6 Å². The molecule has 2 unspecified atom stereocenters. The van der Waals surface area contributed by atoms with Crippen LogP contribution in [0.5, 0.6) is 5.75 Å². The van der Waals surface area contributed by atoms with Gasteiger partial charge in [0.05, 0.1) is 5.56 Å². The van der Waals surface area contributed by atoms with Crippen LogP contribution in [0.25, 0.3) is 10.8 Å². The van der Waals surface area contributed by atoms with E-state index in [1.165, 1.54) is 16.3 Å². The molecule has 4 aromatic rings. The van der Waals surface area contributed by atoms with Crippen molar-refractivity contribution in [2.24, 2.45) is 0 Å². The summed E-state index contributed by atoms with van der Waals surface area (Å²) in [4.78, 5) is 11.9. The highest BCUT2D eigenvalue weighted by atomic mass is 35.5. The molecule has 0 aliphatic carbocycles. The third-order valence-electron chi connectivity index (χ3n) is 7.18. The molecule has 0 radical (unpaired) electrons. The van der Waals surface area contributed by atoms with Gasteiger partial charge in [0.25, 0.3) is 0 Å². The molecule has 1 aliphatic heterocycles. The lowest BCUT2D eigenvalue weighted by Gasteiger charge is -2.33. The Hall–Kier alpha value is -3.34. The number of benzene rings is 4. The highest BCUT2D eigenvalue weighted by Gasteiger charge is 2.30. The Labute approximate surface area is 218 Å². The predicted molar refractivity (Wildman–Crippen MR) is 148 cm³/mol. The molecule has 0 amide bonds. The molecule has 0 fully saturated rings. The van der Waals surface area contributed by atoms with Gasteiger partial charge in [-0.05, 0) is 59.4 Å². The monoisotopic (exact) mass is 501 g/mol. The Morgan fingerprint density at radius 1 is 1.03 bits per heavy atom. The molecule has 0 bridgehead atoms. The van der Waals surface area contributed by atoms with Crippen LogP contribution in [0.4, 0.5) is 0 Å². The van der Waals surface area contributed by atoms with Gasteiger partial charge in [0.1, 0.15) is 11.9 Å². The van der Waals surface area contributed by atoms with Crippen LogP contribution in [-0.2, 0) is 6.42 Å². The van der Waals surface area contributed by atoms with Gasteiger partial charge in [-0.15, -0.1) is 12.4 Å². The number of aryl methyl sites for hydroxylation is 1. The second-order valence-corrected chi connectivity index (χ2v) is 9.34. The maximum atomic E-state index is 11.9. The number of fused-ring (bicyclic) bond motifs is 2. The highest BCUT2D eigenvalue weighted by molar-refractivity contribution is 5.89. The van der Waals surface area contributed by atoms with E-state index in [0.717, 1.165) is 28.9 Å². The van der Waals surface area contributed by atoms with E-state index < -0.39 is 5.97 Å². The smallest absolute Gasteiger partial charge is 0.335 e. The van der Waals surface area contributed by atoms with Crippen LogP contribution in [0.15, 0.2) is 84.9 Å². The molecule has 36 heavy (non-hydrogen) atoms. The summed E-state index contributed by atoms with van der Waals surface area (Å²) < 4.78 is 6.40. The van der Waals surface area contributed by atoms with Crippen molar-refractivity contribution in [2.45, 2.75) is 44.8 Å². The fourth-order valence-electron chi connectivity index (χ4n) is 5.30. The minimum Gasteiger partial charge on any atom is -0.489 e. The van der Waals surface area contributed by atoms with Gasteiger partial charge < -0.3 is 15.2 Å². The van der Waals surface area contributed by atoms with E-state index in [1.54, 1.807) is 0 Å². The molecule has 1 aliphatic rings. The van der Waals surface area contributed by atoms with Gasteiger partial charge >= 0.3 is 5.97 Å². The van der Waals surface area contributed by atoms with Crippen LogP contribution in [0, 0.1) is 0 Å². The number of hydrogen-bond donors (Lipinski definition) is 2. The molecular weight excluding hydrogens is 470 g/mol. The summed E-state index contributed by atoms with van der Waals surface area (Å²) in [6.45, 7) is 4.89. The van der Waals surface area contributed by atoms with Gasteiger partial charge in [-0.3, -0.25) is 0 Å². The Balaban J connectivity index is 0.00000304. The third kappa shape index (κ3) is 5.11. The summed E-state index contributed by atoms with van der Waals surface area (Å²) in [7, 11) is 0. The fraction of sp³-hybridized carbons (Fsp3) is 0.258. The van der Waals surface area contributed by atoms with Crippen molar-refractivity contribution in [3.63, 3.8) is 0 Å². The number of carboxylic acids is 1. The number of carboxylic acid groups (broad SMARTS) is 1. The first kappa shape index (κ1) is 25.7. The van der Waals surface area contributed by atoms with Gasteiger partial charge in [-0.1, -0.05) is 79.7 Å². The summed E-state index contributed by atoms with van der Waals surface area (Å²) in [5, 5.41) is 16.0. The second kappa shape index (κ2) is 11.2. The Morgan fingerprint density at radius 3 is 2.58 bits per heavy atom. The molecule has 0 aromatic heterocycles. The zero-order valence-corrected chi connectivity index (χ0v) is 21.4. The van der Waals surface area contributed by atoms with Crippen molar-refractivity contribution in [1.29, 1.82) is 0 Å². The third-order valence-corrected chi connectivity index (χ3v) is 7.18. The largest absolute Gasteiger partial charge is 0.489 e. The van der Waals surface area contributed by atoms with Gasteiger partial charge in [-0.2, -0.15) is 0 Å². The van der Waals surface area contributed by atoms with E-state index in [9.17, 15) is 9.90 Å². The maximum Gasteiger partial charge on any atom is 0.335 e. The molecule has 186 valence electrons. The lowest BCUT2D eigenvalue weighted by Crippen LogP contribution is -2.37. The van der Waals surface area contributed by atoms with Crippen molar-refractivity contribution in [1.82, 2.24) is 5.32 Å². The summed E-state index contributed by atoms with van der Waals surface area (Å²) in [6, 6.07) is 29.1. The number of carbonyl (C=O) groups is 1. The number of ether oxygens (including phenoxy) is 1. The van der Waals surface area contributed by atoms with Crippen LogP contribution in [0.1, 0.15) is 64.8 Å². The van der Waals surface area contributed by atoms with E-state index in [0.29, 0.717) is 18.5 Å². The van der Waals surface area contributed by atoms with Crippen LogP contribution in [0.3, 0.4) is 0 Å². The van der Waals surface area contributed by atoms with Crippen LogP contribution in [0.2, 0.25) is 0 Å². The van der Waals surface area contributed by atoms with Crippen LogP contribution in [-0.4, -0.2) is 23.7 Å². The molecule has 4 aromatic carbocycles. The predicted octanol–water partition coefficient (Wildman–Crippen LogP) is 7.16. The molecule has 0 saturated heterocycles. The van der Waals surface area contributed by atoms with Crippen molar-refractivity contribution in [3.05, 3.63) is 113 Å². The van der Waals surface area contributed by atoms with E-state index in [2.05, 4.69) is 66.8 Å². The average molecular weight is 502 g/mol. The maximum absolute atomic E-state index is 11.9. The van der Waals surface area contributed by atoms with Gasteiger partial charge in [0.2, 0.25) is 0 Å². The standard InChI is InChI=1S/C31H31NO3.ClH/c1-3-21-15-16-23(17-29(21)31(33)34)28-18-24(35-30-14-7-6-12-27(28)30)19-32-20(2)25-13-8-10-22-9-4-5-11-26(22)25;/h4-17,20,24,28,32H,3,18-19H2,1-2H3,(H,33,34);1H/t20-,24?,28?;/m1./s1. The van der Waals surface area contributed by atoms with Crippen molar-refractivity contribution in [3.8, 4) is 5.75 Å². The number of nitrogens with one attached hydrogen (secondary N) is 1. The first-order valence-electron chi connectivity index (χ1n) is 12.4. The number of aromatic carboxylic acids is 1. The first-order chi connectivity index (χ1) is 17.0. The normalized spacial score (nSPS) is 17.5. The summed E-state index contributed by atoms with van der Waals surface area (Å²) in [6.07, 6.45) is 1.47. The summed E-state index contributed by atoms with van der Waals surface area (Å²) >= 11 is 0. The Kier molecular flexibility index (Phi) is 7.97. The highest BCUT2D eigenvalue weighted by Crippen LogP contribution is 2.41. The number of halogens is 1. The molecule has 4 nitrogen and oxygen atoms in total. The quantitative estimate of drug-likeness (QED) is 0.282. The molecule has 0 saturated carbocycles. The zero-order valence-electron chi connectivity index (χ0n) is 20.6. The van der Waals surface area contributed by atoms with E-state index in [-0.39, 0.29) is 30.5 Å². The molecule has 3 atom stereocenters. The van der Waals surface area contributed by atoms with Crippen LogP contribution < -0.4 is 10.1 Å². The van der Waals surface area contributed by atoms with E-state index >= 15 is 0 Å². The van der Waals surface area contributed by atoms with Gasteiger partial charge in [-0.25, -0.2) is 4.79 Å². The molecule has 5 heteroatoms. The Morgan fingerprint density at radius 2 is 1.78 bits per heavy atom. The van der Waals surface area contributed by atoms with Crippen LogP contribution >= 0.6 is 12.4 Å². The van der Waals surface area contributed by atoms with Gasteiger partial charge in [0.15, 0.2) is 0 Å². The molecular formula is C31H32ClNO3. The number of rotatable bonds is 7. The average Bonchev–Trinajstić information content (AvgIpc) is 2.90. The number of hydrogen-bond acceptors (Lipinski definition) is 3. The summed E-state index contributed by atoms with van der Waals surface area (Å²) in [5.74, 6) is 0.0969. The zero-order chi connectivity index (χ0) is 24.4. The van der Waals surface area contributed by atoms with E-state index in [1.807, 2.05) is 37.3 Å². The lowest BCUT2D eigenvalue weighted by atomic mass is 9.82. The fourth-order valence-corrected chi connectivity index (χ4v) is 5.30. The van der Waals surface area contributed by atoms with Gasteiger partial charge in [0, 0.05) is 24.1 Å². The first-order valence-corrected chi connectivity index (χ1v) is 12.4. The number of para-hydroxylation sites is 1. The second-order valence-electron chi connectivity index (χ2n) is 9.34. The van der Waals surface area contributed by atoms with Crippen molar-refractivity contribution in [2.75, 3.05) is 6.54 Å². The summed E-state index contributed by atoms with van der Waals surface area (Å²) in [5.41, 5.74) is 4.68. The SMILES string of the molecule is CCc1ccc(C2CC(CN[C@H](C)c3cccc4ccccc34)Oc3ccccc32)cc1C(=O)O.Cl. The molecule has 2 N–H and O–H groups in total. The van der Waals surface area contributed by atoms with Crippen molar-refractivity contribution >= 4 is 29.1 Å². The minimum absolute atomic E-state index is 0. The topological polar surface area (TPSA) is 58.6 Å². The van der Waals surface area contributed by atoms with E-state index in [4.69, 9.17) is 4.74 Å².